The van der Waals surface area contributed by atoms with Gasteiger partial charge in [0.15, 0.2) is 0 Å². The molecule has 0 spiro atoms. The van der Waals surface area contributed by atoms with Crippen LogP contribution in [-0.2, 0) is 6.54 Å². The molecule has 0 atom stereocenters. The molecule has 0 amide bonds. The highest BCUT2D eigenvalue weighted by molar-refractivity contribution is 5.42. The fourth-order valence-corrected chi connectivity index (χ4v) is 2.24. The standard InChI is InChI=1S/C16H21NO2/c1-12-9-13(2)16(14(3)10-12)19-8-6-17-11-15-5-4-7-18-15/h4-5,7,9-10,17H,6,8,11H2,1-3H3. The van der Waals surface area contributed by atoms with Crippen LogP contribution in [0.1, 0.15) is 22.5 Å². The number of hydrogen-bond donors (Lipinski definition) is 1. The zero-order chi connectivity index (χ0) is 13.7. The lowest BCUT2D eigenvalue weighted by Gasteiger charge is -2.13. The topological polar surface area (TPSA) is 34.4 Å². The summed E-state index contributed by atoms with van der Waals surface area (Å²) in [6.45, 7) is 8.48. The molecule has 0 bridgehead atoms. The molecular formula is C16H21NO2. The van der Waals surface area contributed by atoms with Crippen molar-refractivity contribution in [3.05, 3.63) is 53.0 Å². The van der Waals surface area contributed by atoms with Gasteiger partial charge in [-0.15, -0.1) is 0 Å². The Morgan fingerprint density at radius 2 is 1.89 bits per heavy atom. The van der Waals surface area contributed by atoms with E-state index in [1.165, 1.54) is 16.7 Å². The predicted molar refractivity (Wildman–Crippen MR) is 76.6 cm³/mol. The van der Waals surface area contributed by atoms with Crippen LogP contribution in [0.15, 0.2) is 34.9 Å². The number of nitrogens with one attached hydrogen (secondary N) is 1. The molecule has 0 unspecified atom stereocenters. The summed E-state index contributed by atoms with van der Waals surface area (Å²) >= 11 is 0. The molecule has 0 radical (unpaired) electrons. The molecule has 0 aliphatic rings. The number of aryl methyl sites for hydroxylation is 3. The van der Waals surface area contributed by atoms with Gasteiger partial charge in [0.1, 0.15) is 18.1 Å². The minimum absolute atomic E-state index is 0.658. The van der Waals surface area contributed by atoms with Gasteiger partial charge < -0.3 is 14.5 Å². The van der Waals surface area contributed by atoms with Gasteiger partial charge in [0.25, 0.3) is 0 Å². The van der Waals surface area contributed by atoms with Gasteiger partial charge in [0, 0.05) is 6.54 Å². The third-order valence-electron chi connectivity index (χ3n) is 3.01. The molecule has 1 aromatic heterocycles. The summed E-state index contributed by atoms with van der Waals surface area (Å²) < 4.78 is 11.1. The average molecular weight is 259 g/mol. The van der Waals surface area contributed by atoms with Crippen LogP contribution in [0.2, 0.25) is 0 Å². The molecule has 3 heteroatoms. The highest BCUT2D eigenvalue weighted by Gasteiger charge is 2.04. The Balaban J connectivity index is 1.77. The molecule has 3 nitrogen and oxygen atoms in total. The largest absolute Gasteiger partial charge is 0.492 e. The van der Waals surface area contributed by atoms with E-state index in [4.69, 9.17) is 9.15 Å². The van der Waals surface area contributed by atoms with Crippen LogP contribution in [0.3, 0.4) is 0 Å². The van der Waals surface area contributed by atoms with E-state index in [-0.39, 0.29) is 0 Å². The third kappa shape index (κ3) is 3.86. The Morgan fingerprint density at radius 1 is 1.16 bits per heavy atom. The summed E-state index contributed by atoms with van der Waals surface area (Å²) in [5, 5.41) is 3.29. The molecule has 0 saturated heterocycles. The Bertz CT molecular complexity index is 495. The molecule has 1 aromatic carbocycles. The van der Waals surface area contributed by atoms with Crippen molar-refractivity contribution in [2.45, 2.75) is 27.3 Å². The number of ether oxygens (including phenoxy) is 1. The first-order valence-corrected chi connectivity index (χ1v) is 6.60. The third-order valence-corrected chi connectivity index (χ3v) is 3.01. The molecule has 2 rings (SSSR count). The van der Waals surface area contributed by atoms with E-state index in [2.05, 4.69) is 38.2 Å². The monoisotopic (exact) mass is 259 g/mol. The van der Waals surface area contributed by atoms with E-state index in [1.54, 1.807) is 6.26 Å². The van der Waals surface area contributed by atoms with Crippen LogP contribution in [0, 0.1) is 20.8 Å². The van der Waals surface area contributed by atoms with Gasteiger partial charge in [0.2, 0.25) is 0 Å². The Morgan fingerprint density at radius 3 is 2.53 bits per heavy atom. The number of hydrogen-bond acceptors (Lipinski definition) is 3. The minimum atomic E-state index is 0.658. The van der Waals surface area contributed by atoms with E-state index in [1.807, 2.05) is 12.1 Å². The van der Waals surface area contributed by atoms with Gasteiger partial charge >= 0.3 is 0 Å². The second-order valence-corrected chi connectivity index (χ2v) is 4.83. The van der Waals surface area contributed by atoms with Gasteiger partial charge in [-0.3, -0.25) is 0 Å². The lowest BCUT2D eigenvalue weighted by molar-refractivity contribution is 0.307. The Labute approximate surface area is 114 Å². The first-order valence-electron chi connectivity index (χ1n) is 6.60. The van der Waals surface area contributed by atoms with Gasteiger partial charge in [-0.2, -0.15) is 0 Å². The summed E-state index contributed by atoms with van der Waals surface area (Å²) in [5.41, 5.74) is 3.67. The smallest absolute Gasteiger partial charge is 0.125 e. The second-order valence-electron chi connectivity index (χ2n) is 4.83. The van der Waals surface area contributed by atoms with Crippen molar-refractivity contribution in [2.75, 3.05) is 13.2 Å². The van der Waals surface area contributed by atoms with Gasteiger partial charge in [-0.25, -0.2) is 0 Å². The van der Waals surface area contributed by atoms with Crippen molar-refractivity contribution in [1.29, 1.82) is 0 Å². The number of rotatable bonds is 6. The molecular weight excluding hydrogens is 238 g/mol. The maximum atomic E-state index is 5.85. The van der Waals surface area contributed by atoms with Gasteiger partial charge in [-0.05, 0) is 44.0 Å². The van der Waals surface area contributed by atoms with Crippen molar-refractivity contribution in [1.82, 2.24) is 5.32 Å². The van der Waals surface area contributed by atoms with Crippen molar-refractivity contribution >= 4 is 0 Å². The molecule has 1 heterocycles. The molecule has 0 aliphatic carbocycles. The van der Waals surface area contributed by atoms with Crippen LogP contribution >= 0.6 is 0 Å². The summed E-state index contributed by atoms with van der Waals surface area (Å²) in [6.07, 6.45) is 1.69. The normalized spacial score (nSPS) is 10.7. The molecule has 0 saturated carbocycles. The predicted octanol–water partition coefficient (Wildman–Crippen LogP) is 3.37. The first kappa shape index (κ1) is 13.7. The van der Waals surface area contributed by atoms with Crippen molar-refractivity contribution in [2.24, 2.45) is 0 Å². The minimum Gasteiger partial charge on any atom is -0.492 e. The number of furan rings is 1. The second kappa shape index (κ2) is 6.43. The van der Waals surface area contributed by atoms with E-state index >= 15 is 0 Å². The lowest BCUT2D eigenvalue weighted by Crippen LogP contribution is -2.20. The summed E-state index contributed by atoms with van der Waals surface area (Å²) in [7, 11) is 0. The quantitative estimate of drug-likeness (QED) is 0.808. The summed E-state index contributed by atoms with van der Waals surface area (Å²) in [5.74, 6) is 1.95. The van der Waals surface area contributed by atoms with Crippen LogP contribution in [0.5, 0.6) is 5.75 Å². The van der Waals surface area contributed by atoms with Crippen molar-refractivity contribution in [3.63, 3.8) is 0 Å². The molecule has 2 aromatic rings. The fourth-order valence-electron chi connectivity index (χ4n) is 2.24. The Kier molecular flexibility index (Phi) is 4.63. The van der Waals surface area contributed by atoms with E-state index in [9.17, 15) is 0 Å². The zero-order valence-corrected chi connectivity index (χ0v) is 11.8. The maximum Gasteiger partial charge on any atom is 0.125 e. The van der Waals surface area contributed by atoms with Crippen LogP contribution in [0.4, 0.5) is 0 Å². The zero-order valence-electron chi connectivity index (χ0n) is 11.8. The van der Waals surface area contributed by atoms with E-state index < -0.39 is 0 Å². The first-order chi connectivity index (χ1) is 9.16. The summed E-state index contributed by atoms with van der Waals surface area (Å²) in [6, 6.07) is 8.16. The average Bonchev–Trinajstić information content (AvgIpc) is 2.84. The maximum absolute atomic E-state index is 5.85. The van der Waals surface area contributed by atoms with Crippen LogP contribution in [-0.4, -0.2) is 13.2 Å². The van der Waals surface area contributed by atoms with E-state index in [0.717, 1.165) is 24.6 Å². The molecule has 102 valence electrons. The molecule has 0 fully saturated rings. The van der Waals surface area contributed by atoms with Crippen molar-refractivity contribution < 1.29 is 9.15 Å². The van der Waals surface area contributed by atoms with Gasteiger partial charge in [0.05, 0.1) is 12.8 Å². The lowest BCUT2D eigenvalue weighted by atomic mass is 10.1. The highest BCUT2D eigenvalue weighted by atomic mass is 16.5. The summed E-state index contributed by atoms with van der Waals surface area (Å²) in [4.78, 5) is 0. The van der Waals surface area contributed by atoms with Crippen molar-refractivity contribution in [3.8, 4) is 5.75 Å². The van der Waals surface area contributed by atoms with Crippen LogP contribution in [0.25, 0.3) is 0 Å². The fraction of sp³-hybridized carbons (Fsp3) is 0.375. The Hall–Kier alpha value is -1.74. The molecule has 1 N–H and O–H groups in total. The van der Waals surface area contributed by atoms with Crippen LogP contribution < -0.4 is 10.1 Å². The molecule has 19 heavy (non-hydrogen) atoms. The SMILES string of the molecule is Cc1cc(C)c(OCCNCc2ccco2)c(C)c1. The van der Waals surface area contributed by atoms with Gasteiger partial charge in [-0.1, -0.05) is 17.7 Å². The highest BCUT2D eigenvalue weighted by Crippen LogP contribution is 2.24. The van der Waals surface area contributed by atoms with E-state index in [0.29, 0.717) is 6.61 Å². The number of benzene rings is 1. The molecule has 0 aliphatic heterocycles.